The van der Waals surface area contributed by atoms with Gasteiger partial charge in [-0.25, -0.2) is 4.98 Å². The van der Waals surface area contributed by atoms with Crippen molar-refractivity contribution in [2.75, 3.05) is 0 Å². The molecular weight excluding hydrogens is 160 g/mol. The monoisotopic (exact) mass is 168 g/mol. The molecule has 0 aliphatic heterocycles. The third-order valence-electron chi connectivity index (χ3n) is 1.48. The van der Waals surface area contributed by atoms with Crippen LogP contribution in [0.3, 0.4) is 0 Å². The Balaban J connectivity index is 0.000000605. The first-order valence-electron chi connectivity index (χ1n) is 3.26. The van der Waals surface area contributed by atoms with E-state index in [9.17, 15) is 0 Å². The molecule has 0 aromatic carbocycles. The van der Waals surface area contributed by atoms with Gasteiger partial charge in [0.1, 0.15) is 5.65 Å². The van der Waals surface area contributed by atoms with Crippen LogP contribution in [0.1, 0.15) is 5.69 Å². The lowest BCUT2D eigenvalue weighted by Crippen LogP contribution is -1.77. The molecule has 0 fully saturated rings. The minimum atomic E-state index is 0. The van der Waals surface area contributed by atoms with Gasteiger partial charge in [0.15, 0.2) is 0 Å². The van der Waals surface area contributed by atoms with Gasteiger partial charge < -0.3 is 4.40 Å². The van der Waals surface area contributed by atoms with Gasteiger partial charge in [0.25, 0.3) is 0 Å². The standard InChI is InChI=1S/C8H8N2.ClH/c1-7-6-10-5-3-2-4-8(10)9-7;/h2-6H,1H3;1H. The Bertz CT molecular complexity index is 321. The van der Waals surface area contributed by atoms with E-state index in [-0.39, 0.29) is 12.4 Å². The van der Waals surface area contributed by atoms with Gasteiger partial charge in [-0.1, -0.05) is 6.07 Å². The number of pyridine rings is 1. The second-order valence-corrected chi connectivity index (χ2v) is 2.35. The number of aryl methyl sites for hydroxylation is 1. The van der Waals surface area contributed by atoms with Crippen LogP contribution < -0.4 is 0 Å². The molecule has 0 radical (unpaired) electrons. The number of hydrogen-bond donors (Lipinski definition) is 0. The van der Waals surface area contributed by atoms with Crippen LogP contribution >= 0.6 is 12.4 Å². The van der Waals surface area contributed by atoms with Crippen LogP contribution in [0.15, 0.2) is 30.6 Å². The number of rotatable bonds is 0. The lowest BCUT2D eigenvalue weighted by molar-refractivity contribution is 1.18. The third-order valence-corrected chi connectivity index (χ3v) is 1.48. The number of hydrogen-bond acceptors (Lipinski definition) is 1. The van der Waals surface area contributed by atoms with E-state index in [0.29, 0.717) is 0 Å². The second kappa shape index (κ2) is 2.93. The molecule has 0 amide bonds. The summed E-state index contributed by atoms with van der Waals surface area (Å²) >= 11 is 0. The summed E-state index contributed by atoms with van der Waals surface area (Å²) in [6, 6.07) is 5.98. The van der Waals surface area contributed by atoms with Crippen LogP contribution in [0.2, 0.25) is 0 Å². The van der Waals surface area contributed by atoms with Crippen LogP contribution in [-0.2, 0) is 0 Å². The lowest BCUT2D eigenvalue weighted by atomic mass is 10.5. The molecule has 2 heterocycles. The zero-order valence-corrected chi connectivity index (χ0v) is 7.01. The highest BCUT2D eigenvalue weighted by Gasteiger charge is 1.92. The summed E-state index contributed by atoms with van der Waals surface area (Å²) in [4.78, 5) is 4.28. The Kier molecular flexibility index (Phi) is 2.15. The Labute approximate surface area is 71.3 Å². The highest BCUT2D eigenvalue weighted by molar-refractivity contribution is 5.85. The number of imidazole rings is 1. The van der Waals surface area contributed by atoms with Crippen molar-refractivity contribution in [3.63, 3.8) is 0 Å². The lowest BCUT2D eigenvalue weighted by Gasteiger charge is -1.86. The van der Waals surface area contributed by atoms with E-state index in [1.165, 1.54) is 0 Å². The van der Waals surface area contributed by atoms with E-state index in [2.05, 4.69) is 4.98 Å². The van der Waals surface area contributed by atoms with Crippen molar-refractivity contribution in [3.05, 3.63) is 36.3 Å². The summed E-state index contributed by atoms with van der Waals surface area (Å²) in [5, 5.41) is 0. The smallest absolute Gasteiger partial charge is 0.136 e. The molecule has 0 N–H and O–H groups in total. The number of nitrogens with zero attached hydrogens (tertiary/aromatic N) is 2. The highest BCUT2D eigenvalue weighted by Crippen LogP contribution is 2.01. The van der Waals surface area contributed by atoms with Gasteiger partial charge in [0.05, 0.1) is 5.69 Å². The van der Waals surface area contributed by atoms with Gasteiger partial charge in [-0.05, 0) is 19.1 Å². The van der Waals surface area contributed by atoms with E-state index in [1.54, 1.807) is 0 Å². The van der Waals surface area contributed by atoms with Crippen molar-refractivity contribution in [1.82, 2.24) is 9.38 Å². The Morgan fingerprint density at radius 2 is 2.18 bits per heavy atom. The maximum absolute atomic E-state index is 4.28. The summed E-state index contributed by atoms with van der Waals surface area (Å²) in [5.41, 5.74) is 2.08. The molecule has 58 valence electrons. The van der Waals surface area contributed by atoms with Crippen molar-refractivity contribution < 1.29 is 0 Å². The largest absolute Gasteiger partial charge is 0.307 e. The molecule has 0 bridgehead atoms. The van der Waals surface area contributed by atoms with Gasteiger partial charge >= 0.3 is 0 Å². The fourth-order valence-electron chi connectivity index (χ4n) is 1.06. The van der Waals surface area contributed by atoms with Crippen LogP contribution in [0.25, 0.3) is 5.65 Å². The molecular formula is C8H9ClN2. The van der Waals surface area contributed by atoms with E-state index in [0.717, 1.165) is 11.3 Å². The van der Waals surface area contributed by atoms with Gasteiger partial charge in [-0.15, -0.1) is 12.4 Å². The summed E-state index contributed by atoms with van der Waals surface area (Å²) in [6.07, 6.45) is 4.00. The molecule has 0 aliphatic rings. The Morgan fingerprint density at radius 3 is 2.91 bits per heavy atom. The Morgan fingerprint density at radius 1 is 1.36 bits per heavy atom. The maximum atomic E-state index is 4.28. The van der Waals surface area contributed by atoms with E-state index >= 15 is 0 Å². The molecule has 11 heavy (non-hydrogen) atoms. The fourth-order valence-corrected chi connectivity index (χ4v) is 1.06. The summed E-state index contributed by atoms with van der Waals surface area (Å²) in [6.45, 7) is 1.99. The van der Waals surface area contributed by atoms with Gasteiger partial charge in [0.2, 0.25) is 0 Å². The summed E-state index contributed by atoms with van der Waals surface area (Å²) < 4.78 is 2.01. The number of aromatic nitrogens is 2. The molecule has 0 saturated heterocycles. The van der Waals surface area contributed by atoms with Crippen molar-refractivity contribution in [1.29, 1.82) is 0 Å². The SMILES string of the molecule is Cc1cn2ccccc2n1.Cl. The van der Waals surface area contributed by atoms with Crippen molar-refractivity contribution in [3.8, 4) is 0 Å². The zero-order valence-electron chi connectivity index (χ0n) is 6.19. The maximum Gasteiger partial charge on any atom is 0.136 e. The van der Waals surface area contributed by atoms with E-state index in [1.807, 2.05) is 41.9 Å². The van der Waals surface area contributed by atoms with Crippen LogP contribution in [-0.4, -0.2) is 9.38 Å². The average molecular weight is 169 g/mol. The molecule has 2 nitrogen and oxygen atoms in total. The molecule has 2 rings (SSSR count). The predicted octanol–water partition coefficient (Wildman–Crippen LogP) is 2.06. The molecule has 0 spiro atoms. The van der Waals surface area contributed by atoms with Crippen LogP contribution in [0, 0.1) is 6.92 Å². The molecule has 2 aromatic heterocycles. The molecule has 0 aliphatic carbocycles. The average Bonchev–Trinajstić information content (AvgIpc) is 2.27. The molecule has 2 aromatic rings. The quantitative estimate of drug-likeness (QED) is 0.589. The van der Waals surface area contributed by atoms with Crippen molar-refractivity contribution in [2.45, 2.75) is 6.92 Å². The first-order chi connectivity index (χ1) is 4.86. The van der Waals surface area contributed by atoms with Crippen LogP contribution in [0.5, 0.6) is 0 Å². The number of fused-ring (bicyclic) bond motifs is 1. The van der Waals surface area contributed by atoms with Gasteiger partial charge in [0, 0.05) is 12.4 Å². The minimum absolute atomic E-state index is 0. The minimum Gasteiger partial charge on any atom is -0.307 e. The normalized spacial score (nSPS) is 9.55. The summed E-state index contributed by atoms with van der Waals surface area (Å²) in [7, 11) is 0. The molecule has 0 saturated carbocycles. The molecule has 0 atom stereocenters. The van der Waals surface area contributed by atoms with Gasteiger partial charge in [-0.3, -0.25) is 0 Å². The van der Waals surface area contributed by atoms with Crippen LogP contribution in [0.4, 0.5) is 0 Å². The fraction of sp³-hybridized carbons (Fsp3) is 0.125. The first-order valence-corrected chi connectivity index (χ1v) is 3.26. The molecule has 3 heteroatoms. The Hall–Kier alpha value is -1.02. The predicted molar refractivity (Wildman–Crippen MR) is 47.2 cm³/mol. The van der Waals surface area contributed by atoms with Gasteiger partial charge in [-0.2, -0.15) is 0 Å². The van der Waals surface area contributed by atoms with E-state index < -0.39 is 0 Å². The summed E-state index contributed by atoms with van der Waals surface area (Å²) in [5.74, 6) is 0. The first kappa shape index (κ1) is 8.08. The number of halogens is 1. The van der Waals surface area contributed by atoms with Crippen molar-refractivity contribution >= 4 is 18.1 Å². The zero-order chi connectivity index (χ0) is 6.97. The molecule has 0 unspecified atom stereocenters. The third kappa shape index (κ3) is 1.35. The second-order valence-electron chi connectivity index (χ2n) is 2.35. The topological polar surface area (TPSA) is 17.3 Å². The van der Waals surface area contributed by atoms with Crippen molar-refractivity contribution in [2.24, 2.45) is 0 Å². The van der Waals surface area contributed by atoms with E-state index in [4.69, 9.17) is 0 Å². The highest BCUT2D eigenvalue weighted by atomic mass is 35.5.